The molecule has 0 aliphatic heterocycles. The van der Waals surface area contributed by atoms with Crippen LogP contribution in [0.15, 0.2) is 0 Å². The second-order valence-electron chi connectivity index (χ2n) is 2.32. The first-order valence-electron chi connectivity index (χ1n) is 3.37. The molecule has 0 aromatic carbocycles. The molecule has 0 aliphatic carbocycles. The number of anilines is 1. The standard InChI is InChI=1S/C8H8ClN3/c1-3-4-6-5(2)11-8(10)12-7(6)9/h1H,4H2,2H3,(H2,10,11,12). The third-order valence-electron chi connectivity index (χ3n) is 1.46. The van der Waals surface area contributed by atoms with Crippen LogP contribution in [-0.2, 0) is 6.42 Å². The van der Waals surface area contributed by atoms with Gasteiger partial charge in [-0.15, -0.1) is 12.3 Å². The number of nitrogens with zero attached hydrogens (tertiary/aromatic N) is 2. The maximum Gasteiger partial charge on any atom is 0.221 e. The molecule has 0 saturated heterocycles. The Hall–Kier alpha value is -1.27. The predicted molar refractivity (Wildman–Crippen MR) is 48.7 cm³/mol. The fourth-order valence-electron chi connectivity index (χ4n) is 0.885. The lowest BCUT2D eigenvalue weighted by molar-refractivity contribution is 1.05. The number of rotatable bonds is 1. The highest BCUT2D eigenvalue weighted by molar-refractivity contribution is 6.30. The van der Waals surface area contributed by atoms with Crippen molar-refractivity contribution in [1.82, 2.24) is 9.97 Å². The van der Waals surface area contributed by atoms with E-state index in [9.17, 15) is 0 Å². The molecule has 3 nitrogen and oxygen atoms in total. The summed E-state index contributed by atoms with van der Waals surface area (Å²) in [6.45, 7) is 1.80. The van der Waals surface area contributed by atoms with Crippen molar-refractivity contribution in [3.63, 3.8) is 0 Å². The van der Waals surface area contributed by atoms with Crippen LogP contribution in [0.25, 0.3) is 0 Å². The molecule has 1 rings (SSSR count). The Kier molecular flexibility index (Phi) is 2.51. The Labute approximate surface area is 76.0 Å². The van der Waals surface area contributed by atoms with Crippen molar-refractivity contribution in [1.29, 1.82) is 0 Å². The van der Waals surface area contributed by atoms with Crippen molar-refractivity contribution in [2.24, 2.45) is 0 Å². The largest absolute Gasteiger partial charge is 0.368 e. The molecule has 4 heteroatoms. The molecule has 0 fully saturated rings. The van der Waals surface area contributed by atoms with Gasteiger partial charge in [-0.1, -0.05) is 11.6 Å². The summed E-state index contributed by atoms with van der Waals surface area (Å²) in [5.41, 5.74) is 6.88. The molecule has 0 radical (unpaired) electrons. The summed E-state index contributed by atoms with van der Waals surface area (Å²) >= 11 is 5.79. The molecule has 0 spiro atoms. The molecule has 62 valence electrons. The van der Waals surface area contributed by atoms with E-state index in [1.807, 2.05) is 0 Å². The van der Waals surface area contributed by atoms with Crippen LogP contribution in [0.4, 0.5) is 5.95 Å². The smallest absolute Gasteiger partial charge is 0.221 e. The van der Waals surface area contributed by atoms with Gasteiger partial charge in [0.15, 0.2) is 0 Å². The van der Waals surface area contributed by atoms with Crippen LogP contribution in [0, 0.1) is 19.3 Å². The second-order valence-corrected chi connectivity index (χ2v) is 2.68. The summed E-state index contributed by atoms with van der Waals surface area (Å²) in [5.74, 6) is 2.66. The van der Waals surface area contributed by atoms with Crippen LogP contribution in [-0.4, -0.2) is 9.97 Å². The molecule has 0 aliphatic rings. The average molecular weight is 182 g/mol. The Bertz CT molecular complexity index is 318. The van der Waals surface area contributed by atoms with Crippen molar-refractivity contribution in [3.8, 4) is 12.3 Å². The van der Waals surface area contributed by atoms with E-state index in [0.717, 1.165) is 11.3 Å². The van der Waals surface area contributed by atoms with Crippen molar-refractivity contribution in [2.45, 2.75) is 13.3 Å². The molecule has 0 atom stereocenters. The van der Waals surface area contributed by atoms with E-state index < -0.39 is 0 Å². The number of nitrogens with two attached hydrogens (primary N) is 1. The Morgan fingerprint density at radius 3 is 2.75 bits per heavy atom. The SMILES string of the molecule is C#CCc1c(C)nc(N)nc1Cl. The van der Waals surface area contributed by atoms with Crippen molar-refractivity contribution in [3.05, 3.63) is 16.4 Å². The van der Waals surface area contributed by atoms with Gasteiger partial charge in [-0.05, 0) is 6.92 Å². The van der Waals surface area contributed by atoms with Gasteiger partial charge >= 0.3 is 0 Å². The molecule has 1 aromatic rings. The van der Waals surface area contributed by atoms with Crippen LogP contribution < -0.4 is 5.73 Å². The van der Waals surface area contributed by atoms with Crippen LogP contribution in [0.2, 0.25) is 5.15 Å². The van der Waals surface area contributed by atoms with Crippen LogP contribution >= 0.6 is 11.6 Å². The first kappa shape index (κ1) is 8.82. The van der Waals surface area contributed by atoms with Crippen LogP contribution in [0.3, 0.4) is 0 Å². The maximum absolute atomic E-state index is 5.79. The lowest BCUT2D eigenvalue weighted by atomic mass is 10.2. The molecule has 0 saturated carbocycles. The molecule has 1 heterocycles. The number of halogens is 1. The topological polar surface area (TPSA) is 51.8 Å². The summed E-state index contributed by atoms with van der Waals surface area (Å²) in [5, 5.41) is 0.345. The third-order valence-corrected chi connectivity index (χ3v) is 1.77. The highest BCUT2D eigenvalue weighted by Crippen LogP contribution is 2.17. The number of aromatic nitrogens is 2. The molecule has 1 aromatic heterocycles. The van der Waals surface area contributed by atoms with Gasteiger partial charge in [0, 0.05) is 17.7 Å². The molecular formula is C8H8ClN3. The fraction of sp³-hybridized carbons (Fsp3) is 0.250. The third kappa shape index (κ3) is 1.66. The number of aryl methyl sites for hydroxylation is 1. The molecule has 0 amide bonds. The van der Waals surface area contributed by atoms with E-state index >= 15 is 0 Å². The molecular weight excluding hydrogens is 174 g/mol. The predicted octanol–water partition coefficient (Wildman–Crippen LogP) is 1.20. The molecule has 12 heavy (non-hydrogen) atoms. The number of terminal acetylenes is 1. The minimum Gasteiger partial charge on any atom is -0.368 e. The highest BCUT2D eigenvalue weighted by Gasteiger charge is 2.06. The Balaban J connectivity index is 3.21. The Morgan fingerprint density at radius 2 is 2.25 bits per heavy atom. The normalized spacial score (nSPS) is 9.42. The molecule has 0 bridgehead atoms. The summed E-state index contributed by atoms with van der Waals surface area (Å²) < 4.78 is 0. The Morgan fingerprint density at radius 1 is 1.58 bits per heavy atom. The summed E-state index contributed by atoms with van der Waals surface area (Å²) in [6, 6.07) is 0. The lowest BCUT2D eigenvalue weighted by Crippen LogP contribution is -2.01. The summed E-state index contributed by atoms with van der Waals surface area (Å²) in [4.78, 5) is 7.73. The van der Waals surface area contributed by atoms with Gasteiger partial charge in [0.1, 0.15) is 5.15 Å². The van der Waals surface area contributed by atoms with E-state index in [1.54, 1.807) is 6.92 Å². The zero-order valence-corrected chi connectivity index (χ0v) is 7.39. The van der Waals surface area contributed by atoms with E-state index in [2.05, 4.69) is 15.9 Å². The van der Waals surface area contributed by atoms with Gasteiger partial charge in [-0.2, -0.15) is 0 Å². The second kappa shape index (κ2) is 3.42. The van der Waals surface area contributed by atoms with Gasteiger partial charge in [0.2, 0.25) is 5.95 Å². The van der Waals surface area contributed by atoms with Gasteiger partial charge in [-0.3, -0.25) is 0 Å². The minimum atomic E-state index is 0.179. The van der Waals surface area contributed by atoms with E-state index in [4.69, 9.17) is 23.8 Å². The van der Waals surface area contributed by atoms with Crippen LogP contribution in [0.1, 0.15) is 11.3 Å². The van der Waals surface area contributed by atoms with E-state index in [0.29, 0.717) is 11.6 Å². The van der Waals surface area contributed by atoms with Gasteiger partial charge in [0.05, 0.1) is 0 Å². The number of hydrogen-bond acceptors (Lipinski definition) is 3. The number of hydrogen-bond donors (Lipinski definition) is 1. The molecule has 2 N–H and O–H groups in total. The zero-order chi connectivity index (χ0) is 9.14. The highest BCUT2D eigenvalue weighted by atomic mass is 35.5. The quantitative estimate of drug-likeness (QED) is 0.523. The van der Waals surface area contributed by atoms with E-state index in [1.165, 1.54) is 0 Å². The van der Waals surface area contributed by atoms with E-state index in [-0.39, 0.29) is 5.95 Å². The van der Waals surface area contributed by atoms with Crippen molar-refractivity contribution >= 4 is 17.5 Å². The van der Waals surface area contributed by atoms with Crippen molar-refractivity contribution in [2.75, 3.05) is 5.73 Å². The van der Waals surface area contributed by atoms with Gasteiger partial charge in [-0.25, -0.2) is 9.97 Å². The monoisotopic (exact) mass is 181 g/mol. The van der Waals surface area contributed by atoms with Crippen LogP contribution in [0.5, 0.6) is 0 Å². The first-order valence-corrected chi connectivity index (χ1v) is 3.75. The minimum absolute atomic E-state index is 0.179. The van der Waals surface area contributed by atoms with Crippen molar-refractivity contribution < 1.29 is 0 Å². The maximum atomic E-state index is 5.79. The van der Waals surface area contributed by atoms with Gasteiger partial charge < -0.3 is 5.73 Å². The molecule has 0 unspecified atom stereocenters. The lowest BCUT2D eigenvalue weighted by Gasteiger charge is -2.03. The summed E-state index contributed by atoms with van der Waals surface area (Å²) in [7, 11) is 0. The first-order chi connectivity index (χ1) is 5.65. The zero-order valence-electron chi connectivity index (χ0n) is 6.63. The number of nitrogen functional groups attached to an aromatic ring is 1. The fourth-order valence-corrected chi connectivity index (χ4v) is 1.17. The van der Waals surface area contributed by atoms with Gasteiger partial charge in [0.25, 0.3) is 0 Å². The average Bonchev–Trinajstić information content (AvgIpc) is 1.96. The summed E-state index contributed by atoms with van der Waals surface area (Å²) in [6.07, 6.45) is 5.58.